The Morgan fingerprint density at radius 3 is 1.96 bits per heavy atom. The van der Waals surface area contributed by atoms with Crippen LogP contribution in [0.4, 0.5) is 11.4 Å². The van der Waals surface area contributed by atoms with Gasteiger partial charge < -0.3 is 5.11 Å². The molecular weight excluding hydrogens is 484 g/mol. The van der Waals surface area contributed by atoms with Gasteiger partial charge in [-0.05, 0) is 23.6 Å². The van der Waals surface area contributed by atoms with Crippen LogP contribution in [0.15, 0.2) is 77.0 Å². The van der Waals surface area contributed by atoms with Crippen LogP contribution in [0.5, 0.6) is 5.75 Å². The van der Waals surface area contributed by atoms with Gasteiger partial charge in [-0.3, -0.25) is 0 Å². The van der Waals surface area contributed by atoms with Crippen molar-refractivity contribution in [2.24, 2.45) is 10.2 Å². The van der Waals surface area contributed by atoms with Crippen LogP contribution >= 0.6 is 0 Å². The Kier molecular flexibility index (Phi) is 10.7. The van der Waals surface area contributed by atoms with Crippen LogP contribution in [0.1, 0.15) is 0 Å². The predicted octanol–water partition coefficient (Wildman–Crippen LogP) is 4.62. The third-order valence-electron chi connectivity index (χ3n) is 2.92. The Hall–Kier alpha value is -2.55. The molecule has 118 valence electrons. The molecule has 0 aliphatic heterocycles. The number of azo groups is 1. The molecule has 0 saturated heterocycles. The van der Waals surface area contributed by atoms with Gasteiger partial charge in [0.15, 0.2) is 5.69 Å². The molecule has 0 bridgehead atoms. The number of hydrogen-bond acceptors (Lipinski definition) is 2. The van der Waals surface area contributed by atoms with Crippen LogP contribution in [0.2, 0.25) is 0 Å². The molecule has 0 aliphatic rings. The molecule has 6 heteroatoms. The van der Waals surface area contributed by atoms with Crippen LogP contribution in [0.25, 0.3) is 10.8 Å². The van der Waals surface area contributed by atoms with Gasteiger partial charge in [-0.25, -0.2) is 0 Å². The zero-order valence-electron chi connectivity index (χ0n) is 12.4. The van der Waals surface area contributed by atoms with Crippen molar-refractivity contribution in [3.63, 3.8) is 0 Å². The van der Waals surface area contributed by atoms with E-state index in [0.29, 0.717) is 11.4 Å². The zero-order valence-corrected chi connectivity index (χ0v) is 14.8. The average molecular weight is 498 g/mol. The van der Waals surface area contributed by atoms with E-state index in [1.807, 2.05) is 60.7 Å². The molecule has 5 nitrogen and oxygen atoms in total. The molecule has 0 spiro atoms. The van der Waals surface area contributed by atoms with Gasteiger partial charge in [-0.1, -0.05) is 42.5 Å². The fourth-order valence-corrected chi connectivity index (χ4v) is 1.97. The number of benzene rings is 3. The summed E-state index contributed by atoms with van der Waals surface area (Å²) in [5, 5.41) is 18.4. The van der Waals surface area contributed by atoms with Gasteiger partial charge in [-0.2, -0.15) is 5.11 Å². The molecule has 3 aromatic carbocycles. The molecule has 0 amide bonds. The van der Waals surface area contributed by atoms with E-state index in [-0.39, 0.29) is 20.1 Å². The first-order valence-electron chi connectivity index (χ1n) is 6.45. The summed E-state index contributed by atoms with van der Waals surface area (Å²) in [5.74, 6) is 0.387. The third-order valence-corrected chi connectivity index (χ3v) is 2.92. The number of fused-ring (bicyclic) bond motifs is 1. The predicted molar refractivity (Wildman–Crippen MR) is 85.5 cm³/mol. The molecule has 3 aromatic rings. The summed E-state index contributed by atoms with van der Waals surface area (Å²) in [5.41, 5.74) is 1.40. The van der Waals surface area contributed by atoms with E-state index in [2.05, 4.69) is 23.5 Å². The van der Waals surface area contributed by atoms with Gasteiger partial charge in [0.05, 0.1) is 5.69 Å². The smallest absolute Gasteiger partial charge is 0.592 e. The molecular formula is C18H13IrN2O3+4. The molecule has 0 aliphatic carbocycles. The molecule has 0 unspecified atom stereocenters. The minimum absolute atomic E-state index is 0. The fraction of sp³-hybridized carbons (Fsp3) is 0. The van der Waals surface area contributed by atoms with Gasteiger partial charge >= 0.3 is 42.7 Å². The number of nitrogens with zero attached hydrogens (tertiary/aromatic N) is 2. The second-order valence-electron chi connectivity index (χ2n) is 4.22. The molecule has 0 radical (unpaired) electrons. The van der Waals surface area contributed by atoms with Crippen molar-refractivity contribution >= 4 is 22.1 Å². The Morgan fingerprint density at radius 2 is 1.29 bits per heavy atom. The van der Waals surface area contributed by atoms with Crippen molar-refractivity contribution in [3.8, 4) is 5.75 Å². The van der Waals surface area contributed by atoms with E-state index in [1.165, 1.54) is 0 Å². The fourth-order valence-electron chi connectivity index (χ4n) is 1.97. The summed E-state index contributed by atoms with van der Waals surface area (Å²) in [7, 11) is 0. The summed E-state index contributed by atoms with van der Waals surface area (Å²) in [6, 6.07) is 21.1. The van der Waals surface area contributed by atoms with Gasteiger partial charge in [0.25, 0.3) is 5.75 Å². The van der Waals surface area contributed by atoms with E-state index >= 15 is 0 Å². The molecule has 0 saturated carbocycles. The van der Waals surface area contributed by atoms with E-state index in [4.69, 9.17) is 14.4 Å². The zero-order chi connectivity index (χ0) is 17.1. The molecule has 0 aromatic heterocycles. The summed E-state index contributed by atoms with van der Waals surface area (Å²) in [4.78, 5) is 0. The van der Waals surface area contributed by atoms with Crippen molar-refractivity contribution in [1.29, 1.82) is 0 Å². The Balaban J connectivity index is 0.000000987. The Morgan fingerprint density at radius 1 is 0.708 bits per heavy atom. The topological polar surface area (TPSA) is 87.4 Å². The largest absolute Gasteiger partial charge is 3.00 e. The molecule has 0 fully saturated rings. The first kappa shape index (κ1) is 21.4. The normalized spacial score (nSPS) is 9.00. The monoisotopic (exact) mass is 498 g/mol. The van der Waals surface area contributed by atoms with E-state index in [1.54, 1.807) is 6.07 Å². The maximum absolute atomic E-state index is 7.96. The van der Waals surface area contributed by atoms with Crippen molar-refractivity contribution < 1.29 is 34.5 Å². The molecule has 0 atom stereocenters. The second kappa shape index (κ2) is 11.9. The molecule has 0 heterocycles. The van der Waals surface area contributed by atoms with Gasteiger partial charge in [0.2, 0.25) is 0 Å². The van der Waals surface area contributed by atoms with Crippen LogP contribution in [-0.2, 0) is 29.4 Å². The Labute approximate surface area is 152 Å². The summed E-state index contributed by atoms with van der Waals surface area (Å²) >= 11 is 0. The first-order chi connectivity index (χ1) is 11.3. The average Bonchev–Trinajstić information content (AvgIpc) is 2.65. The quantitative estimate of drug-likeness (QED) is 0.281. The summed E-state index contributed by atoms with van der Waals surface area (Å²) in [6.45, 7) is 9.00. The minimum Gasteiger partial charge on any atom is -0.592 e. The van der Waals surface area contributed by atoms with Crippen LogP contribution in [0.3, 0.4) is 0 Å². The molecule has 2 N–H and O–H groups in total. The summed E-state index contributed by atoms with van der Waals surface area (Å²) < 4.78 is 15.0. The van der Waals surface area contributed by atoms with Gasteiger partial charge in [0.1, 0.15) is 0 Å². The summed E-state index contributed by atoms with van der Waals surface area (Å²) in [6.07, 6.45) is 0. The van der Waals surface area contributed by atoms with Gasteiger partial charge in [0, 0.05) is 11.5 Å². The molecule has 24 heavy (non-hydrogen) atoms. The van der Waals surface area contributed by atoms with E-state index in [9.17, 15) is 0 Å². The minimum atomic E-state index is 0. The SMILES string of the molecule is [C-]#[O+].[C-]#[O+].[Ir+3].[OH2+]c1ccc2ccccc2c1N=Nc1ccccc1. The van der Waals surface area contributed by atoms with Crippen LogP contribution < -0.4 is 0 Å². The first-order valence-corrected chi connectivity index (χ1v) is 6.45. The standard InChI is InChI=1S/C16H12N2O.2CO.Ir/c19-15-11-10-12-6-4-5-9-14(12)16(15)18-17-13-7-2-1-3-8-13;2*1-2;/h1-11,19H;;;/q;;;+3/p+1. The maximum Gasteiger partial charge on any atom is 3.00 e. The van der Waals surface area contributed by atoms with Crippen molar-refractivity contribution in [1.82, 2.24) is 0 Å². The number of hydrogen-bond donors (Lipinski definition) is 0. The van der Waals surface area contributed by atoms with Crippen molar-refractivity contribution in [2.75, 3.05) is 0 Å². The van der Waals surface area contributed by atoms with E-state index < -0.39 is 0 Å². The van der Waals surface area contributed by atoms with E-state index in [0.717, 1.165) is 16.5 Å². The number of rotatable bonds is 2. The second-order valence-corrected chi connectivity index (χ2v) is 4.22. The van der Waals surface area contributed by atoms with Gasteiger partial charge in [-0.15, -0.1) is 5.11 Å². The van der Waals surface area contributed by atoms with Crippen molar-refractivity contribution in [2.45, 2.75) is 0 Å². The molecule has 3 rings (SSSR count). The third kappa shape index (κ3) is 5.58. The van der Waals surface area contributed by atoms with Crippen molar-refractivity contribution in [3.05, 3.63) is 80.0 Å². The van der Waals surface area contributed by atoms with Crippen LogP contribution in [0, 0.1) is 13.3 Å². The maximum atomic E-state index is 7.96. The Bertz CT molecular complexity index is 825. The van der Waals surface area contributed by atoms with Crippen LogP contribution in [-0.4, -0.2) is 5.11 Å².